The van der Waals surface area contributed by atoms with Gasteiger partial charge in [-0.25, -0.2) is 0 Å². The molecule has 0 fully saturated rings. The summed E-state index contributed by atoms with van der Waals surface area (Å²) < 4.78 is 22.3. The average Bonchev–Trinajstić information content (AvgIpc) is 3.28. The predicted octanol–water partition coefficient (Wildman–Crippen LogP) is 3.74. The number of hydrogen-bond acceptors (Lipinski definition) is 5. The number of carbonyl (C=O) groups is 1. The topological polar surface area (TPSA) is 54.0 Å². The zero-order valence-electron chi connectivity index (χ0n) is 14.1. The lowest BCUT2D eigenvalue weighted by Gasteiger charge is -2.36. The molecular formula is C20H18O5. The molecule has 25 heavy (non-hydrogen) atoms. The van der Waals surface area contributed by atoms with Crippen LogP contribution in [0.5, 0.6) is 23.0 Å². The largest absolute Gasteiger partial charge is 0.454 e. The van der Waals surface area contributed by atoms with E-state index in [1.807, 2.05) is 31.2 Å². The van der Waals surface area contributed by atoms with Crippen molar-refractivity contribution in [1.29, 1.82) is 0 Å². The van der Waals surface area contributed by atoms with Crippen molar-refractivity contribution >= 4 is 5.78 Å². The summed E-state index contributed by atoms with van der Waals surface area (Å²) in [6.07, 6.45) is 0. The van der Waals surface area contributed by atoms with Gasteiger partial charge in [-0.05, 0) is 35.7 Å². The Bertz CT molecular complexity index is 888. The molecule has 0 aromatic heterocycles. The maximum absolute atomic E-state index is 12.8. The molecule has 3 atom stereocenters. The smallest absolute Gasteiger partial charge is 0.231 e. The van der Waals surface area contributed by atoms with Crippen LogP contribution in [-0.4, -0.2) is 19.4 Å². The molecule has 1 aliphatic carbocycles. The van der Waals surface area contributed by atoms with Gasteiger partial charge in [-0.2, -0.15) is 0 Å². The number of rotatable bonds is 1. The van der Waals surface area contributed by atoms with Crippen LogP contribution in [0.25, 0.3) is 0 Å². The number of benzene rings is 2. The number of Topliss-reactive ketones (excluding diaryl/α,β-unsaturated/α-hetero) is 1. The van der Waals surface area contributed by atoms with E-state index >= 15 is 0 Å². The van der Waals surface area contributed by atoms with Gasteiger partial charge in [0.2, 0.25) is 13.6 Å². The van der Waals surface area contributed by atoms with Gasteiger partial charge >= 0.3 is 0 Å². The minimum atomic E-state index is -0.0664. The van der Waals surface area contributed by atoms with Crippen LogP contribution in [0, 0.1) is 11.8 Å². The van der Waals surface area contributed by atoms with E-state index in [0.717, 1.165) is 28.2 Å². The van der Waals surface area contributed by atoms with Crippen molar-refractivity contribution in [3.8, 4) is 23.0 Å². The second-order valence-electron chi connectivity index (χ2n) is 6.86. The highest BCUT2D eigenvalue weighted by atomic mass is 16.7. The van der Waals surface area contributed by atoms with Gasteiger partial charge in [0.1, 0.15) is 0 Å². The van der Waals surface area contributed by atoms with E-state index in [4.69, 9.17) is 18.9 Å². The lowest BCUT2D eigenvalue weighted by atomic mass is 9.67. The summed E-state index contributed by atoms with van der Waals surface area (Å²) >= 11 is 0. The van der Waals surface area contributed by atoms with Gasteiger partial charge in [0.25, 0.3) is 0 Å². The third-order valence-electron chi connectivity index (χ3n) is 5.64. The summed E-state index contributed by atoms with van der Waals surface area (Å²) in [4.78, 5) is 12.8. The molecule has 0 saturated carbocycles. The van der Waals surface area contributed by atoms with Crippen molar-refractivity contribution in [2.45, 2.75) is 19.8 Å². The van der Waals surface area contributed by atoms with Crippen LogP contribution in [-0.2, 0) is 0 Å². The van der Waals surface area contributed by atoms with Crippen molar-refractivity contribution in [1.82, 2.24) is 0 Å². The quantitative estimate of drug-likeness (QED) is 0.793. The molecule has 2 heterocycles. The zero-order valence-corrected chi connectivity index (χ0v) is 14.1. The molecule has 5 nitrogen and oxygen atoms in total. The Morgan fingerprint density at radius 1 is 0.880 bits per heavy atom. The van der Waals surface area contributed by atoms with E-state index < -0.39 is 0 Å². The fourth-order valence-corrected chi connectivity index (χ4v) is 4.13. The summed E-state index contributed by atoms with van der Waals surface area (Å²) in [5, 5.41) is 0. The molecule has 3 unspecified atom stereocenters. The number of fused-ring (bicyclic) bond motifs is 4. The molecule has 2 aromatic rings. The molecule has 0 spiro atoms. The fourth-order valence-electron chi connectivity index (χ4n) is 4.13. The van der Waals surface area contributed by atoms with Crippen LogP contribution < -0.4 is 18.9 Å². The highest BCUT2D eigenvalue weighted by Crippen LogP contribution is 2.52. The van der Waals surface area contributed by atoms with Crippen LogP contribution in [0.15, 0.2) is 30.3 Å². The summed E-state index contributed by atoms with van der Waals surface area (Å²) in [5.74, 6) is 3.19. The van der Waals surface area contributed by atoms with Gasteiger partial charge in [0.15, 0.2) is 28.8 Å². The average molecular weight is 338 g/mol. The van der Waals surface area contributed by atoms with Crippen LogP contribution in [0.3, 0.4) is 0 Å². The van der Waals surface area contributed by atoms with Crippen LogP contribution in [0.2, 0.25) is 0 Å². The number of hydrogen-bond donors (Lipinski definition) is 0. The summed E-state index contributed by atoms with van der Waals surface area (Å²) in [7, 11) is 0. The summed E-state index contributed by atoms with van der Waals surface area (Å²) in [6, 6.07) is 9.71. The van der Waals surface area contributed by atoms with E-state index in [9.17, 15) is 4.79 Å². The van der Waals surface area contributed by atoms with Gasteiger partial charge in [0, 0.05) is 23.0 Å². The van der Waals surface area contributed by atoms with E-state index in [1.165, 1.54) is 0 Å². The monoisotopic (exact) mass is 338 g/mol. The normalized spacial score (nSPS) is 25.8. The Labute approximate surface area is 145 Å². The standard InChI is InChI=1S/C20H18O5/c1-10-11(2)19(21)13-4-6-15-20(25-9-23-15)18(13)17(10)12-3-5-14-16(7-12)24-8-22-14/h3-7,10-11,17H,8-9H2,1-2H3. The van der Waals surface area contributed by atoms with E-state index in [-0.39, 0.29) is 37.1 Å². The minimum absolute atomic E-state index is 0.0360. The number of ketones is 1. The number of ether oxygens (including phenoxy) is 4. The number of carbonyl (C=O) groups excluding carboxylic acids is 1. The van der Waals surface area contributed by atoms with Crippen molar-refractivity contribution in [3.05, 3.63) is 47.0 Å². The second kappa shape index (κ2) is 5.15. The third-order valence-corrected chi connectivity index (χ3v) is 5.64. The van der Waals surface area contributed by atoms with Crippen molar-refractivity contribution < 1.29 is 23.7 Å². The van der Waals surface area contributed by atoms with Gasteiger partial charge in [-0.3, -0.25) is 4.79 Å². The Hall–Kier alpha value is -2.69. The maximum Gasteiger partial charge on any atom is 0.231 e. The molecule has 0 bridgehead atoms. The Kier molecular flexibility index (Phi) is 3.02. The van der Waals surface area contributed by atoms with Crippen LogP contribution >= 0.6 is 0 Å². The summed E-state index contributed by atoms with van der Waals surface area (Å²) in [5.41, 5.74) is 2.77. The first kappa shape index (κ1) is 14.6. The highest BCUT2D eigenvalue weighted by molar-refractivity contribution is 6.02. The molecule has 5 heteroatoms. The molecule has 3 aliphatic rings. The van der Waals surface area contributed by atoms with Crippen LogP contribution in [0.4, 0.5) is 0 Å². The van der Waals surface area contributed by atoms with Crippen molar-refractivity contribution in [2.24, 2.45) is 11.8 Å². The molecule has 0 radical (unpaired) electrons. The molecule has 128 valence electrons. The molecule has 0 amide bonds. The maximum atomic E-state index is 12.8. The minimum Gasteiger partial charge on any atom is -0.454 e. The zero-order chi connectivity index (χ0) is 17.1. The van der Waals surface area contributed by atoms with E-state index in [0.29, 0.717) is 11.5 Å². The van der Waals surface area contributed by atoms with E-state index in [2.05, 4.69) is 13.0 Å². The lowest BCUT2D eigenvalue weighted by Crippen LogP contribution is -2.32. The van der Waals surface area contributed by atoms with Gasteiger partial charge in [0.05, 0.1) is 0 Å². The fraction of sp³-hybridized carbons (Fsp3) is 0.350. The first-order valence-electron chi connectivity index (χ1n) is 8.51. The van der Waals surface area contributed by atoms with Gasteiger partial charge < -0.3 is 18.9 Å². The highest BCUT2D eigenvalue weighted by Gasteiger charge is 2.42. The Morgan fingerprint density at radius 2 is 1.60 bits per heavy atom. The predicted molar refractivity (Wildman–Crippen MR) is 89.6 cm³/mol. The summed E-state index contributed by atoms with van der Waals surface area (Å²) in [6.45, 7) is 4.56. The Balaban J connectivity index is 1.73. The van der Waals surface area contributed by atoms with Gasteiger partial charge in [-0.15, -0.1) is 0 Å². The van der Waals surface area contributed by atoms with Crippen molar-refractivity contribution in [2.75, 3.05) is 13.6 Å². The molecule has 2 aliphatic heterocycles. The second-order valence-corrected chi connectivity index (χ2v) is 6.86. The first-order chi connectivity index (χ1) is 12.1. The Morgan fingerprint density at radius 3 is 2.48 bits per heavy atom. The molecule has 5 rings (SSSR count). The first-order valence-corrected chi connectivity index (χ1v) is 8.51. The SMILES string of the molecule is CC1C(=O)c2ccc3c(c2C(c2ccc4c(c2)OCO4)C1C)OCO3. The third kappa shape index (κ3) is 1.98. The van der Waals surface area contributed by atoms with Crippen molar-refractivity contribution in [3.63, 3.8) is 0 Å². The van der Waals surface area contributed by atoms with E-state index in [1.54, 1.807) is 0 Å². The van der Waals surface area contributed by atoms with Gasteiger partial charge in [-0.1, -0.05) is 19.9 Å². The molecular weight excluding hydrogens is 320 g/mol. The lowest BCUT2D eigenvalue weighted by molar-refractivity contribution is 0.0864. The molecule has 0 N–H and O–H groups in total. The molecule has 2 aromatic carbocycles. The molecule has 0 saturated heterocycles. The van der Waals surface area contributed by atoms with Crippen LogP contribution in [0.1, 0.15) is 41.3 Å².